The number of thiazole rings is 1. The van der Waals surface area contributed by atoms with E-state index in [2.05, 4.69) is 59.6 Å². The number of aromatic amines is 1. The number of rotatable bonds is 1. The summed E-state index contributed by atoms with van der Waals surface area (Å²) >= 11 is 1.82. The summed E-state index contributed by atoms with van der Waals surface area (Å²) in [7, 11) is 0. The lowest BCUT2D eigenvalue weighted by Gasteiger charge is -2.02. The molecule has 116 valence electrons. The monoisotopic (exact) mass is 330 g/mol. The summed E-state index contributed by atoms with van der Waals surface area (Å²) in [6.07, 6.45) is 0. The fourth-order valence-electron chi connectivity index (χ4n) is 3.48. The number of H-pyrrole nitrogens is 1. The number of aromatic nitrogens is 3. The van der Waals surface area contributed by atoms with Crippen molar-refractivity contribution in [3.05, 3.63) is 65.9 Å². The van der Waals surface area contributed by atoms with E-state index in [0.717, 1.165) is 16.9 Å². The van der Waals surface area contributed by atoms with Gasteiger partial charge in [-0.1, -0.05) is 35.6 Å². The molecule has 0 aliphatic heterocycles. The lowest BCUT2D eigenvalue weighted by atomic mass is 10.1. The molecule has 0 saturated carbocycles. The molecule has 0 aliphatic rings. The molecule has 5 aromatic rings. The highest BCUT2D eigenvalue weighted by atomic mass is 32.1. The van der Waals surface area contributed by atoms with Crippen LogP contribution < -0.4 is 4.40 Å². The summed E-state index contributed by atoms with van der Waals surface area (Å²) < 4.78 is 3.64. The van der Waals surface area contributed by atoms with Gasteiger partial charge in [-0.05, 0) is 30.7 Å². The number of para-hydroxylation sites is 3. The second-order valence-corrected chi connectivity index (χ2v) is 7.19. The minimum absolute atomic E-state index is 0.942. The van der Waals surface area contributed by atoms with Crippen molar-refractivity contribution in [1.29, 1.82) is 0 Å². The summed E-state index contributed by atoms with van der Waals surface area (Å²) in [5, 5.41) is 0. The van der Waals surface area contributed by atoms with Crippen LogP contribution in [0.15, 0.2) is 54.6 Å². The fraction of sp³-hybridized carbons (Fsp3) is 0.100. The van der Waals surface area contributed by atoms with E-state index >= 15 is 0 Å². The van der Waals surface area contributed by atoms with Gasteiger partial charge in [-0.15, -0.1) is 4.40 Å². The number of imidazole rings is 1. The summed E-state index contributed by atoms with van der Waals surface area (Å²) in [6, 6.07) is 19.0. The lowest BCUT2D eigenvalue weighted by molar-refractivity contribution is -0.485. The molecule has 3 aromatic heterocycles. The predicted molar refractivity (Wildman–Crippen MR) is 99.5 cm³/mol. The molecule has 4 heteroatoms. The predicted octanol–water partition coefficient (Wildman–Crippen LogP) is 4.80. The van der Waals surface area contributed by atoms with Crippen LogP contribution in [0.1, 0.15) is 11.3 Å². The second-order valence-electron chi connectivity index (χ2n) is 6.16. The number of hydrogen-bond acceptors (Lipinski definition) is 2. The quantitative estimate of drug-likeness (QED) is 0.440. The molecule has 24 heavy (non-hydrogen) atoms. The van der Waals surface area contributed by atoms with Gasteiger partial charge in [0, 0.05) is 19.1 Å². The maximum absolute atomic E-state index is 4.83. The molecule has 0 amide bonds. The average molecular weight is 330 g/mol. The Hall–Kier alpha value is -2.72. The van der Waals surface area contributed by atoms with Crippen molar-refractivity contribution in [2.45, 2.75) is 13.8 Å². The van der Waals surface area contributed by atoms with Crippen LogP contribution >= 0.6 is 11.3 Å². The van der Waals surface area contributed by atoms with Gasteiger partial charge >= 0.3 is 0 Å². The van der Waals surface area contributed by atoms with Crippen molar-refractivity contribution < 1.29 is 4.40 Å². The number of pyridine rings is 1. The van der Waals surface area contributed by atoms with E-state index in [-0.39, 0.29) is 0 Å². The Morgan fingerprint density at radius 2 is 1.79 bits per heavy atom. The molecular formula is C20H16N3S+. The van der Waals surface area contributed by atoms with Crippen molar-refractivity contribution in [3.8, 4) is 11.4 Å². The van der Waals surface area contributed by atoms with Crippen LogP contribution in [-0.4, -0.2) is 9.97 Å². The van der Waals surface area contributed by atoms with E-state index < -0.39 is 0 Å². The Bertz CT molecular complexity index is 1200. The highest BCUT2D eigenvalue weighted by Gasteiger charge is 2.24. The minimum atomic E-state index is 0.942. The van der Waals surface area contributed by atoms with Gasteiger partial charge in [0.05, 0.1) is 11.0 Å². The zero-order chi connectivity index (χ0) is 16.3. The normalized spacial score (nSPS) is 11.8. The average Bonchev–Trinajstić information content (AvgIpc) is 3.15. The fourth-order valence-corrected chi connectivity index (χ4v) is 4.79. The molecular weight excluding hydrogens is 314 g/mol. The van der Waals surface area contributed by atoms with Gasteiger partial charge < -0.3 is 4.98 Å². The first-order valence-electron chi connectivity index (χ1n) is 8.01. The van der Waals surface area contributed by atoms with E-state index in [1.807, 2.05) is 29.5 Å². The van der Waals surface area contributed by atoms with Crippen LogP contribution in [0.2, 0.25) is 0 Å². The second kappa shape index (κ2) is 4.89. The van der Waals surface area contributed by atoms with Gasteiger partial charge in [-0.2, -0.15) is 0 Å². The Kier molecular flexibility index (Phi) is 2.79. The first-order valence-corrected chi connectivity index (χ1v) is 8.82. The topological polar surface area (TPSA) is 32.8 Å². The zero-order valence-corrected chi connectivity index (χ0v) is 14.3. The molecule has 1 N–H and O–H groups in total. The Labute approximate surface area is 143 Å². The molecule has 0 fully saturated rings. The minimum Gasteiger partial charge on any atom is -0.338 e. The highest BCUT2D eigenvalue weighted by molar-refractivity contribution is 7.23. The van der Waals surface area contributed by atoms with Gasteiger partial charge in [0.25, 0.3) is 4.83 Å². The third-order valence-electron chi connectivity index (χ3n) is 4.53. The van der Waals surface area contributed by atoms with Crippen molar-refractivity contribution in [3.63, 3.8) is 0 Å². The molecule has 0 atom stereocenters. The molecule has 0 aliphatic carbocycles. The van der Waals surface area contributed by atoms with E-state index in [1.165, 1.54) is 31.9 Å². The van der Waals surface area contributed by atoms with Gasteiger partial charge in [0.2, 0.25) is 5.52 Å². The number of nitrogens with one attached hydrogen (secondary N) is 1. The molecule has 0 bridgehead atoms. The molecule has 3 nitrogen and oxygen atoms in total. The Balaban J connectivity index is 1.94. The Morgan fingerprint density at radius 1 is 1.00 bits per heavy atom. The zero-order valence-electron chi connectivity index (χ0n) is 13.5. The largest absolute Gasteiger partial charge is 0.338 e. The number of benzene rings is 2. The first-order chi connectivity index (χ1) is 11.7. The van der Waals surface area contributed by atoms with Gasteiger partial charge in [-0.25, -0.2) is 4.98 Å². The molecule has 0 radical (unpaired) electrons. The molecule has 0 unspecified atom stereocenters. The van der Waals surface area contributed by atoms with Gasteiger partial charge in [-0.3, -0.25) is 0 Å². The smallest absolute Gasteiger partial charge is 0.279 e. The molecule has 0 saturated heterocycles. The number of nitrogens with zero attached hydrogens (tertiary/aromatic N) is 2. The van der Waals surface area contributed by atoms with E-state index in [1.54, 1.807) is 0 Å². The summed E-state index contributed by atoms with van der Waals surface area (Å²) in [4.78, 5) is 9.57. The van der Waals surface area contributed by atoms with Gasteiger partial charge in [0.1, 0.15) is 16.1 Å². The van der Waals surface area contributed by atoms with Crippen molar-refractivity contribution in [2.24, 2.45) is 0 Å². The number of aryl methyl sites for hydroxylation is 2. The summed E-state index contributed by atoms with van der Waals surface area (Å²) in [5.41, 5.74) is 7.03. The van der Waals surface area contributed by atoms with Crippen LogP contribution in [0, 0.1) is 13.8 Å². The van der Waals surface area contributed by atoms with E-state index in [0.29, 0.717) is 0 Å². The molecule has 0 spiro atoms. The van der Waals surface area contributed by atoms with E-state index in [4.69, 9.17) is 4.98 Å². The molecule has 3 heterocycles. The summed E-state index contributed by atoms with van der Waals surface area (Å²) in [5.74, 6) is 0.942. The Morgan fingerprint density at radius 3 is 2.67 bits per heavy atom. The highest BCUT2D eigenvalue weighted by Crippen LogP contribution is 2.32. The maximum Gasteiger partial charge on any atom is 0.279 e. The lowest BCUT2D eigenvalue weighted by Crippen LogP contribution is -2.24. The first kappa shape index (κ1) is 13.7. The third-order valence-corrected chi connectivity index (χ3v) is 5.67. The number of fused-ring (bicyclic) bond motifs is 4. The summed E-state index contributed by atoms with van der Waals surface area (Å²) in [6.45, 7) is 4.33. The third kappa shape index (κ3) is 1.83. The van der Waals surface area contributed by atoms with Crippen LogP contribution in [0.4, 0.5) is 0 Å². The van der Waals surface area contributed by atoms with E-state index in [9.17, 15) is 0 Å². The van der Waals surface area contributed by atoms with Crippen molar-refractivity contribution >= 4 is 37.4 Å². The maximum atomic E-state index is 4.83. The number of hydrogen-bond donors (Lipinski definition) is 1. The SMILES string of the molecule is Cc1cc(C)[n+]2c(sc3ccccc32)c1-c1nc2ccccc2[nH]1. The van der Waals surface area contributed by atoms with Crippen LogP contribution in [-0.2, 0) is 0 Å². The van der Waals surface area contributed by atoms with Crippen LogP contribution in [0.5, 0.6) is 0 Å². The standard InChI is InChI=1S/C20H16N3S/c1-12-11-13(2)23-16-9-5-6-10-17(16)24-20(23)18(12)19-21-14-7-3-4-8-15(14)22-19/h3-11H,1-2H3,(H,21,22)/q+1. The molecule has 5 rings (SSSR count). The van der Waals surface area contributed by atoms with Crippen molar-refractivity contribution in [1.82, 2.24) is 9.97 Å². The van der Waals surface area contributed by atoms with Crippen LogP contribution in [0.25, 0.3) is 37.5 Å². The van der Waals surface area contributed by atoms with Crippen molar-refractivity contribution in [2.75, 3.05) is 0 Å². The van der Waals surface area contributed by atoms with Crippen LogP contribution in [0.3, 0.4) is 0 Å². The van der Waals surface area contributed by atoms with Gasteiger partial charge in [0.15, 0.2) is 5.69 Å². The molecule has 2 aromatic carbocycles.